The molecular weight excluding hydrogens is 549 g/mol. The fourth-order valence-electron chi connectivity index (χ4n) is 4.67. The summed E-state index contributed by atoms with van der Waals surface area (Å²) in [5.41, 5.74) is 4.68. The van der Waals surface area contributed by atoms with E-state index in [-0.39, 0.29) is 35.2 Å². The topological polar surface area (TPSA) is 77.2 Å². The molecule has 1 aliphatic rings. The first-order chi connectivity index (χ1) is 19.2. The minimum Gasteiger partial charge on any atom is -0.454 e. The number of benzene rings is 2. The lowest BCUT2D eigenvalue weighted by Gasteiger charge is -2.36. The lowest BCUT2D eigenvalue weighted by atomic mass is 9.95. The Labute approximate surface area is 231 Å². The molecule has 0 aliphatic carbocycles. The van der Waals surface area contributed by atoms with Crippen molar-refractivity contribution < 1.29 is 26.7 Å². The van der Waals surface area contributed by atoms with Gasteiger partial charge in [-0.05, 0) is 73.2 Å². The van der Waals surface area contributed by atoms with Gasteiger partial charge in [0.1, 0.15) is 22.7 Å². The van der Waals surface area contributed by atoms with Gasteiger partial charge in [-0.1, -0.05) is 12.1 Å². The van der Waals surface area contributed by atoms with Crippen LogP contribution in [0.1, 0.15) is 29.7 Å². The molecule has 0 bridgehead atoms. The Morgan fingerprint density at radius 3 is 2.67 bits per heavy atom. The number of anilines is 1. The molecule has 2 N–H and O–H groups in total. The van der Waals surface area contributed by atoms with E-state index in [2.05, 4.69) is 14.3 Å². The predicted octanol–water partition coefficient (Wildman–Crippen LogP) is 7.19. The van der Waals surface area contributed by atoms with Crippen LogP contribution in [0.15, 0.2) is 61.1 Å². The largest absolute Gasteiger partial charge is 0.454 e. The Morgan fingerprint density at radius 2 is 1.95 bits per heavy atom. The second kappa shape index (κ2) is 11.7. The molecule has 1 atom stereocenters. The molecule has 12 heteroatoms. The highest BCUT2D eigenvalue weighted by Gasteiger charge is 2.41. The lowest BCUT2D eigenvalue weighted by Crippen LogP contribution is -2.39. The molecule has 1 fully saturated rings. The van der Waals surface area contributed by atoms with E-state index >= 15 is 4.39 Å². The van der Waals surface area contributed by atoms with Gasteiger partial charge in [0.05, 0.1) is 23.0 Å². The minimum atomic E-state index is -4.90. The van der Waals surface area contributed by atoms with Crippen LogP contribution in [-0.2, 0) is 6.18 Å². The van der Waals surface area contributed by atoms with E-state index in [9.17, 15) is 17.6 Å². The Kier molecular flexibility index (Phi) is 8.08. The molecular formula is C28H24F5N5OS. The first kappa shape index (κ1) is 27.7. The quantitative estimate of drug-likeness (QED) is 0.236. The van der Waals surface area contributed by atoms with Crippen molar-refractivity contribution in [1.29, 1.82) is 0 Å². The number of nitrogens with two attached hydrogens (primary N) is 1. The summed E-state index contributed by atoms with van der Waals surface area (Å²) in [6.07, 6.45) is 1.69. The zero-order valence-corrected chi connectivity index (χ0v) is 21.9. The summed E-state index contributed by atoms with van der Waals surface area (Å²) in [5, 5.41) is 0. The van der Waals surface area contributed by atoms with Crippen molar-refractivity contribution in [1.82, 2.24) is 14.3 Å². The molecule has 0 amide bonds. The van der Waals surface area contributed by atoms with Crippen molar-refractivity contribution in [2.45, 2.75) is 19.0 Å². The molecule has 208 valence electrons. The number of ether oxygens (including phenoxy) is 1. The number of piperidine rings is 1. The number of hydrogen-bond donors (Lipinski definition) is 1. The highest BCUT2D eigenvalue weighted by molar-refractivity contribution is 7.09. The van der Waals surface area contributed by atoms with Gasteiger partial charge in [-0.2, -0.15) is 13.2 Å². The summed E-state index contributed by atoms with van der Waals surface area (Å²) < 4.78 is 83.6. The van der Waals surface area contributed by atoms with Gasteiger partial charge in [0.15, 0.2) is 17.4 Å². The van der Waals surface area contributed by atoms with E-state index in [1.807, 2.05) is 0 Å². The van der Waals surface area contributed by atoms with Crippen molar-refractivity contribution in [3.8, 4) is 22.1 Å². The fourth-order valence-corrected chi connectivity index (χ4v) is 5.22. The summed E-state index contributed by atoms with van der Waals surface area (Å²) in [4.78, 5) is 10.5. The van der Waals surface area contributed by atoms with Gasteiger partial charge in [0.25, 0.3) is 0 Å². The molecule has 0 spiro atoms. The van der Waals surface area contributed by atoms with Gasteiger partial charge < -0.3 is 15.4 Å². The maximum Gasteiger partial charge on any atom is 0.422 e. The Balaban J connectivity index is 1.65. The van der Waals surface area contributed by atoms with Crippen molar-refractivity contribution in [3.05, 3.63) is 83.7 Å². The molecule has 0 unspecified atom stereocenters. The van der Waals surface area contributed by atoms with E-state index in [0.717, 1.165) is 36.2 Å². The molecule has 3 heterocycles. The van der Waals surface area contributed by atoms with Gasteiger partial charge in [-0.25, -0.2) is 18.1 Å². The summed E-state index contributed by atoms with van der Waals surface area (Å²) in [5.74, 6) is -2.68. The molecule has 0 radical (unpaired) electrons. The Morgan fingerprint density at radius 1 is 1.12 bits per heavy atom. The standard InChI is InChI=1S/C28H24F5N5OS/c29-19-5-1-2-6-23(19)39-24-8-7-18(12-20(30)21-14-35-15-22(37-21)25-9-10-36-40-25)27(26(24)28(31,32)33)38-11-3-4-17(13-34)16-38/h1-2,5-10,12,14-15,17H,3-4,11,13,16,34H2/b20-12-/t17-/m0/s1. The van der Waals surface area contributed by atoms with Gasteiger partial charge in [0, 0.05) is 24.8 Å². The third-order valence-electron chi connectivity index (χ3n) is 6.53. The van der Waals surface area contributed by atoms with Gasteiger partial charge in [-0.3, -0.25) is 4.98 Å². The van der Waals surface area contributed by atoms with Crippen LogP contribution in [0.4, 0.5) is 27.6 Å². The second-order valence-electron chi connectivity index (χ2n) is 9.26. The monoisotopic (exact) mass is 573 g/mol. The zero-order valence-electron chi connectivity index (χ0n) is 21.0. The third kappa shape index (κ3) is 5.97. The average Bonchev–Trinajstić information content (AvgIpc) is 3.49. The molecule has 1 aliphatic heterocycles. The van der Waals surface area contributed by atoms with Crippen molar-refractivity contribution in [2.75, 3.05) is 24.5 Å². The van der Waals surface area contributed by atoms with E-state index in [0.29, 0.717) is 30.1 Å². The third-order valence-corrected chi connectivity index (χ3v) is 7.30. The molecule has 6 nitrogen and oxygen atoms in total. The van der Waals surface area contributed by atoms with Crippen LogP contribution in [0.5, 0.6) is 11.5 Å². The Hall–Kier alpha value is -3.90. The van der Waals surface area contributed by atoms with Crippen molar-refractivity contribution in [2.24, 2.45) is 11.7 Å². The van der Waals surface area contributed by atoms with Crippen molar-refractivity contribution >= 4 is 29.1 Å². The molecule has 2 aromatic heterocycles. The van der Waals surface area contributed by atoms with Crippen LogP contribution in [0.25, 0.3) is 22.5 Å². The normalized spacial score (nSPS) is 16.3. The highest BCUT2D eigenvalue weighted by atomic mass is 32.1. The smallest absolute Gasteiger partial charge is 0.422 e. The SMILES string of the molecule is NC[C@@H]1CCCN(c2c(/C=C(\F)c3cncc(-c4ccns4)n3)ccc(Oc3ccccc3F)c2C(F)(F)F)C1. The van der Waals surface area contributed by atoms with E-state index in [1.54, 1.807) is 17.2 Å². The van der Waals surface area contributed by atoms with Crippen LogP contribution < -0.4 is 15.4 Å². The minimum absolute atomic E-state index is 0.0339. The van der Waals surface area contributed by atoms with E-state index in [1.165, 1.54) is 36.7 Å². The number of aromatic nitrogens is 3. The number of rotatable bonds is 7. The summed E-state index contributed by atoms with van der Waals surface area (Å²) >= 11 is 1.15. The number of hydrogen-bond acceptors (Lipinski definition) is 7. The number of halogens is 5. The molecule has 4 aromatic rings. The van der Waals surface area contributed by atoms with Crippen LogP contribution >= 0.6 is 11.5 Å². The van der Waals surface area contributed by atoms with Gasteiger partial charge in [-0.15, -0.1) is 0 Å². The maximum absolute atomic E-state index is 15.6. The summed E-state index contributed by atoms with van der Waals surface area (Å²) in [6.45, 7) is 0.834. The first-order valence-electron chi connectivity index (χ1n) is 12.5. The van der Waals surface area contributed by atoms with Crippen LogP contribution in [0, 0.1) is 11.7 Å². The van der Waals surface area contributed by atoms with E-state index < -0.39 is 29.1 Å². The van der Waals surface area contributed by atoms with Crippen LogP contribution in [0.3, 0.4) is 0 Å². The zero-order chi connectivity index (χ0) is 28.3. The fraction of sp³-hybridized carbons (Fsp3) is 0.250. The van der Waals surface area contributed by atoms with Crippen molar-refractivity contribution in [3.63, 3.8) is 0 Å². The van der Waals surface area contributed by atoms with Crippen LogP contribution in [-0.4, -0.2) is 34.0 Å². The number of para-hydroxylation sites is 1. The molecule has 40 heavy (non-hydrogen) atoms. The van der Waals surface area contributed by atoms with Crippen LogP contribution in [0.2, 0.25) is 0 Å². The predicted molar refractivity (Wildman–Crippen MR) is 144 cm³/mol. The van der Waals surface area contributed by atoms with Gasteiger partial charge in [0.2, 0.25) is 0 Å². The maximum atomic E-state index is 15.6. The summed E-state index contributed by atoms with van der Waals surface area (Å²) in [7, 11) is 0. The first-order valence-corrected chi connectivity index (χ1v) is 13.2. The Bertz CT molecular complexity index is 1510. The van der Waals surface area contributed by atoms with Gasteiger partial charge >= 0.3 is 6.18 Å². The molecule has 0 saturated carbocycles. The molecule has 5 rings (SSSR count). The highest BCUT2D eigenvalue weighted by Crippen LogP contribution is 2.47. The number of alkyl halides is 3. The second-order valence-corrected chi connectivity index (χ2v) is 10.1. The lowest BCUT2D eigenvalue weighted by molar-refractivity contribution is -0.138. The molecule has 2 aromatic carbocycles. The van der Waals surface area contributed by atoms with E-state index in [4.69, 9.17) is 10.5 Å². The summed E-state index contributed by atoms with van der Waals surface area (Å²) in [6, 6.07) is 9.29. The number of nitrogens with zero attached hydrogens (tertiary/aromatic N) is 4. The molecule has 1 saturated heterocycles. The average molecular weight is 574 g/mol.